The number of nitrogens with zero attached hydrogens (tertiary/aromatic N) is 5. The van der Waals surface area contributed by atoms with Crippen molar-refractivity contribution < 1.29 is 50.2 Å². The summed E-state index contributed by atoms with van der Waals surface area (Å²) < 4.78 is 93.0. The summed E-state index contributed by atoms with van der Waals surface area (Å²) in [5.74, 6) is 0.587. The van der Waals surface area contributed by atoms with Crippen LogP contribution in [0, 0.1) is 20.8 Å². The third kappa shape index (κ3) is 14.5. The number of carbonyl (C=O) groups is 1. The lowest BCUT2D eigenvalue weighted by atomic mass is 10.1. The third-order valence-corrected chi connectivity index (χ3v) is 10.3. The van der Waals surface area contributed by atoms with Crippen molar-refractivity contribution in [2.75, 3.05) is 35.8 Å². The Morgan fingerprint density at radius 2 is 1.16 bits per heavy atom. The van der Waals surface area contributed by atoms with Crippen molar-refractivity contribution in [1.82, 2.24) is 24.3 Å². The van der Waals surface area contributed by atoms with Gasteiger partial charge in [-0.25, -0.2) is 4.98 Å². The van der Waals surface area contributed by atoms with Gasteiger partial charge in [-0.05, 0) is 98.1 Å². The largest absolute Gasteiger partial charge is 0.416 e. The molecule has 14 nitrogen and oxygen atoms in total. The highest BCUT2D eigenvalue weighted by Crippen LogP contribution is 2.34. The SMILES string of the molecule is CNc1ncc(C)cc1N.CNc1nnc(C)cc1NC(=O)c1cc2cc(C(F)(F)F)ccc2n1COCc1ccccc1.Cc1cc2cc(C(F)(F)F)ccc2n1COCc1ccccc1.O=C=O. The molecule has 0 aliphatic rings. The van der Waals surface area contributed by atoms with E-state index in [4.69, 9.17) is 24.8 Å². The zero-order valence-electron chi connectivity index (χ0n) is 38.6. The van der Waals surface area contributed by atoms with Crippen molar-refractivity contribution in [3.8, 4) is 0 Å². The van der Waals surface area contributed by atoms with Crippen LogP contribution in [0.5, 0.6) is 0 Å². The van der Waals surface area contributed by atoms with Crippen molar-refractivity contribution in [3.63, 3.8) is 0 Å². The van der Waals surface area contributed by atoms with E-state index in [9.17, 15) is 31.1 Å². The molecule has 0 spiro atoms. The van der Waals surface area contributed by atoms with Gasteiger partial charge in [0.1, 0.15) is 25.0 Å². The molecule has 0 saturated carbocycles. The number of nitrogens with one attached hydrogen (secondary N) is 3. The molecule has 4 aromatic heterocycles. The van der Waals surface area contributed by atoms with Crippen molar-refractivity contribution in [2.24, 2.45) is 0 Å². The number of hydrogen-bond donors (Lipinski definition) is 4. The van der Waals surface area contributed by atoms with Gasteiger partial charge in [0.15, 0.2) is 5.82 Å². The van der Waals surface area contributed by atoms with Crippen LogP contribution in [-0.2, 0) is 58.1 Å². The van der Waals surface area contributed by atoms with Crippen LogP contribution >= 0.6 is 0 Å². The summed E-state index contributed by atoms with van der Waals surface area (Å²) in [5, 5.41) is 17.3. The topological polar surface area (TPSA) is 180 Å². The fraction of sp³-hybridized carbons (Fsp3) is 0.220. The van der Waals surface area contributed by atoms with E-state index < -0.39 is 29.4 Å². The van der Waals surface area contributed by atoms with Crippen LogP contribution in [0.25, 0.3) is 21.8 Å². The first kappa shape index (κ1) is 52.9. The number of aromatic nitrogens is 5. The minimum Gasteiger partial charge on any atom is -0.396 e. The maximum absolute atomic E-state index is 13.3. The molecule has 0 radical (unpaired) electrons. The molecular weight excluding hydrogens is 921 g/mol. The highest BCUT2D eigenvalue weighted by atomic mass is 19.4. The summed E-state index contributed by atoms with van der Waals surface area (Å²) in [5.41, 5.74) is 11.2. The normalized spacial score (nSPS) is 11.0. The first-order chi connectivity index (χ1) is 33.4. The van der Waals surface area contributed by atoms with E-state index in [1.165, 1.54) is 24.3 Å². The second-order valence-electron chi connectivity index (χ2n) is 15.4. The Kier molecular flexibility index (Phi) is 18.4. The average Bonchev–Trinajstić information content (AvgIpc) is 3.85. The number of alkyl halides is 6. The molecule has 0 fully saturated rings. The summed E-state index contributed by atoms with van der Waals surface area (Å²) >= 11 is 0. The number of halogens is 6. The first-order valence-electron chi connectivity index (χ1n) is 21.2. The predicted octanol–water partition coefficient (Wildman–Crippen LogP) is 10.8. The van der Waals surface area contributed by atoms with E-state index >= 15 is 0 Å². The number of fused-ring (bicyclic) bond motifs is 2. The summed E-state index contributed by atoms with van der Waals surface area (Å²) in [6, 6.07) is 33.0. The van der Waals surface area contributed by atoms with Gasteiger partial charge in [0.25, 0.3) is 5.91 Å². The Labute approximate surface area is 398 Å². The van der Waals surface area contributed by atoms with E-state index in [0.29, 0.717) is 47.1 Å². The Bertz CT molecular complexity index is 3030. The summed E-state index contributed by atoms with van der Waals surface area (Å²) in [6.45, 7) is 6.56. The maximum atomic E-state index is 13.3. The lowest BCUT2D eigenvalue weighted by Crippen LogP contribution is -2.19. The van der Waals surface area contributed by atoms with Crippen LogP contribution in [0.3, 0.4) is 0 Å². The molecule has 0 aliphatic carbocycles. The van der Waals surface area contributed by atoms with Crippen LogP contribution in [-0.4, -0.2) is 50.5 Å². The molecule has 5 N–H and O–H groups in total. The molecule has 366 valence electrons. The van der Waals surface area contributed by atoms with Gasteiger partial charge in [-0.1, -0.05) is 60.7 Å². The van der Waals surface area contributed by atoms with Gasteiger partial charge in [0, 0.05) is 36.8 Å². The number of amides is 1. The van der Waals surface area contributed by atoms with E-state index in [-0.39, 0.29) is 30.6 Å². The number of carbonyl (C=O) groups excluding carboxylic acids is 3. The molecule has 0 aliphatic heterocycles. The second kappa shape index (κ2) is 24.3. The van der Waals surface area contributed by atoms with Gasteiger partial charge < -0.3 is 40.3 Å². The third-order valence-electron chi connectivity index (χ3n) is 10.3. The molecule has 0 bridgehead atoms. The van der Waals surface area contributed by atoms with Gasteiger partial charge in [0.05, 0.1) is 52.4 Å². The standard InChI is InChI=1S/C24H22F3N5O2.C18H16F3NO.C7H11N3.CO2/c1-15-10-19(22(28-2)31-30-15)29-23(33)21-12-17-11-18(24(25,26)27)8-9-20(17)32(21)14-34-13-16-6-4-3-5-7-16;1-13-9-15-10-16(18(19,20)21)7-8-17(15)22(13)12-23-11-14-5-3-2-4-6-14;1-5-3-6(8)7(9-2)10-4-5;2-1-3/h3-12H,13-14H2,1-2H3,(H,28,31)(H,29,30,33);2-10H,11-12H2,1H3;3-4H,8H2,1-2H3,(H,9,10);. The zero-order valence-corrected chi connectivity index (χ0v) is 38.6. The predicted molar refractivity (Wildman–Crippen MR) is 253 cm³/mol. The number of ether oxygens (including phenoxy) is 2. The Morgan fingerprint density at radius 3 is 1.66 bits per heavy atom. The van der Waals surface area contributed by atoms with Gasteiger partial charge >= 0.3 is 18.5 Å². The first-order valence-corrected chi connectivity index (χ1v) is 21.2. The second-order valence-corrected chi connectivity index (χ2v) is 15.4. The minimum absolute atomic E-state index is 0.0287. The molecular formula is C50H49F6N9O5. The van der Waals surface area contributed by atoms with Gasteiger partial charge in [-0.15, -0.1) is 5.10 Å². The van der Waals surface area contributed by atoms with E-state index in [1.54, 1.807) is 43.9 Å². The minimum atomic E-state index is -4.50. The van der Waals surface area contributed by atoms with Crippen molar-refractivity contribution in [3.05, 3.63) is 172 Å². The maximum Gasteiger partial charge on any atom is 0.416 e. The Morgan fingerprint density at radius 1 is 0.657 bits per heavy atom. The van der Waals surface area contributed by atoms with Crippen LogP contribution in [0.1, 0.15) is 49.7 Å². The van der Waals surface area contributed by atoms with Gasteiger partial charge in [-0.3, -0.25) is 4.79 Å². The van der Waals surface area contributed by atoms with E-state index in [0.717, 1.165) is 51.9 Å². The molecule has 20 heteroatoms. The van der Waals surface area contributed by atoms with Crippen LogP contribution < -0.4 is 21.7 Å². The number of rotatable bonds is 12. The molecule has 4 heterocycles. The van der Waals surface area contributed by atoms with Crippen LogP contribution in [0.4, 0.5) is 49.4 Å². The molecule has 1 amide bonds. The Balaban J connectivity index is 0.000000217. The van der Waals surface area contributed by atoms with Crippen LogP contribution in [0.2, 0.25) is 0 Å². The zero-order chi connectivity index (χ0) is 51.0. The summed E-state index contributed by atoms with van der Waals surface area (Å²) in [4.78, 5) is 33.5. The lowest BCUT2D eigenvalue weighted by molar-refractivity contribution is -0.191. The number of nitrogen functional groups attached to an aromatic ring is 1. The highest BCUT2D eigenvalue weighted by Gasteiger charge is 2.32. The van der Waals surface area contributed by atoms with Crippen molar-refractivity contribution >= 4 is 56.9 Å². The number of aryl methyl sites for hydroxylation is 3. The monoisotopic (exact) mass is 969 g/mol. The highest BCUT2D eigenvalue weighted by molar-refractivity contribution is 6.07. The number of pyridine rings is 1. The van der Waals surface area contributed by atoms with E-state index in [1.807, 2.05) is 85.1 Å². The van der Waals surface area contributed by atoms with Gasteiger partial charge in [-0.2, -0.15) is 41.0 Å². The molecule has 4 aromatic carbocycles. The average molecular weight is 970 g/mol. The van der Waals surface area contributed by atoms with Crippen molar-refractivity contribution in [1.29, 1.82) is 0 Å². The van der Waals surface area contributed by atoms with Gasteiger partial charge in [0.2, 0.25) is 0 Å². The molecule has 8 rings (SSSR count). The number of anilines is 4. The number of nitrogens with two attached hydrogens (primary N) is 1. The quantitative estimate of drug-likeness (QED) is 0.0856. The lowest BCUT2D eigenvalue weighted by Gasteiger charge is -2.14. The molecule has 8 aromatic rings. The fourth-order valence-corrected chi connectivity index (χ4v) is 6.94. The number of hydrogen-bond acceptors (Lipinski definition) is 11. The molecule has 70 heavy (non-hydrogen) atoms. The summed E-state index contributed by atoms with van der Waals surface area (Å²) in [6.07, 6.45) is -6.79. The summed E-state index contributed by atoms with van der Waals surface area (Å²) in [7, 11) is 3.44. The fourth-order valence-electron chi connectivity index (χ4n) is 6.94. The molecule has 0 atom stereocenters. The molecule has 0 saturated heterocycles. The van der Waals surface area contributed by atoms with E-state index in [2.05, 4.69) is 31.1 Å². The van der Waals surface area contributed by atoms with Crippen LogP contribution in [0.15, 0.2) is 128 Å². The Hall–Kier alpha value is -8.06. The molecule has 0 unspecified atom stereocenters. The number of benzene rings is 4. The smallest absolute Gasteiger partial charge is 0.396 e. The van der Waals surface area contributed by atoms with Crippen molar-refractivity contribution in [2.45, 2.75) is 59.8 Å².